The maximum Gasteiger partial charge on any atom is 0.248 e. The van der Waals surface area contributed by atoms with Gasteiger partial charge in [-0.1, -0.05) is 0 Å². The number of amides is 1. The van der Waals surface area contributed by atoms with E-state index < -0.39 is 9.84 Å². The van der Waals surface area contributed by atoms with Crippen LogP contribution in [0.1, 0.15) is 6.42 Å². The minimum absolute atomic E-state index is 0.0569. The molecule has 0 saturated carbocycles. The van der Waals surface area contributed by atoms with Crippen molar-refractivity contribution >= 4 is 15.7 Å². The Morgan fingerprint density at radius 3 is 2.82 bits per heavy atom. The first-order valence-corrected chi connectivity index (χ1v) is 7.62. The fourth-order valence-corrected chi connectivity index (χ4v) is 4.18. The largest absolute Gasteiger partial charge is 0.365 e. The number of carbonyl (C=O) groups excluding carboxylic acids is 1. The average Bonchev–Trinajstić information content (AvgIpc) is 2.61. The van der Waals surface area contributed by atoms with E-state index in [2.05, 4.69) is 0 Å². The van der Waals surface area contributed by atoms with E-state index in [9.17, 15) is 13.2 Å². The summed E-state index contributed by atoms with van der Waals surface area (Å²) in [6, 6.07) is 0. The van der Waals surface area contributed by atoms with Crippen molar-refractivity contribution < 1.29 is 17.9 Å². The molecular formula is C10H18N2O4S. The van der Waals surface area contributed by atoms with Gasteiger partial charge in [0.15, 0.2) is 9.84 Å². The molecule has 2 rings (SSSR count). The number of ether oxygens (including phenoxy) is 1. The Hall–Kier alpha value is -0.660. The van der Waals surface area contributed by atoms with Crippen LogP contribution in [0.15, 0.2) is 0 Å². The monoisotopic (exact) mass is 262 g/mol. The molecular weight excluding hydrogens is 244 g/mol. The summed E-state index contributed by atoms with van der Waals surface area (Å²) in [6.45, 7) is 1.43. The van der Waals surface area contributed by atoms with Gasteiger partial charge in [0, 0.05) is 19.6 Å². The molecule has 1 amide bonds. The third kappa shape index (κ3) is 3.17. The van der Waals surface area contributed by atoms with Crippen molar-refractivity contribution in [2.45, 2.75) is 12.5 Å². The summed E-state index contributed by atoms with van der Waals surface area (Å²) in [5.41, 5.74) is 5.50. The Labute approximate surface area is 101 Å². The van der Waals surface area contributed by atoms with Crippen LogP contribution in [0.2, 0.25) is 0 Å². The molecule has 2 N–H and O–H groups in total. The lowest BCUT2D eigenvalue weighted by Crippen LogP contribution is -2.50. The molecule has 0 aliphatic carbocycles. The van der Waals surface area contributed by atoms with Crippen molar-refractivity contribution in [2.75, 3.05) is 37.7 Å². The Balaban J connectivity index is 1.91. The summed E-state index contributed by atoms with van der Waals surface area (Å²) in [6.07, 6.45) is 0.533. The Bertz CT molecular complexity index is 395. The van der Waals surface area contributed by atoms with E-state index in [0.29, 0.717) is 26.1 Å². The lowest BCUT2D eigenvalue weighted by atomic mass is 10.1. The van der Waals surface area contributed by atoms with Crippen LogP contribution in [-0.4, -0.2) is 63.1 Å². The van der Waals surface area contributed by atoms with Crippen LogP contribution < -0.4 is 5.73 Å². The summed E-state index contributed by atoms with van der Waals surface area (Å²) in [5.74, 6) is 0.445. The number of sulfone groups is 1. The highest BCUT2D eigenvalue weighted by atomic mass is 32.2. The molecule has 2 aliphatic heterocycles. The summed E-state index contributed by atoms with van der Waals surface area (Å²) < 4.78 is 27.9. The van der Waals surface area contributed by atoms with Crippen molar-refractivity contribution in [2.24, 2.45) is 11.7 Å². The molecule has 7 heteroatoms. The second-order valence-corrected chi connectivity index (χ2v) is 6.97. The predicted octanol–water partition coefficient (Wildman–Crippen LogP) is -1.39. The first kappa shape index (κ1) is 12.8. The van der Waals surface area contributed by atoms with Gasteiger partial charge >= 0.3 is 0 Å². The molecule has 0 spiro atoms. The molecule has 0 aromatic carbocycles. The number of hydrogen-bond donors (Lipinski definition) is 1. The van der Waals surface area contributed by atoms with Gasteiger partial charge in [0.1, 0.15) is 6.61 Å². The molecule has 17 heavy (non-hydrogen) atoms. The van der Waals surface area contributed by atoms with E-state index in [0.717, 1.165) is 0 Å². The van der Waals surface area contributed by atoms with E-state index in [-0.39, 0.29) is 36.0 Å². The normalized spacial score (nSPS) is 33.0. The minimum Gasteiger partial charge on any atom is -0.365 e. The molecule has 0 aromatic rings. The van der Waals surface area contributed by atoms with Gasteiger partial charge in [0.2, 0.25) is 5.91 Å². The number of hydrogen-bond acceptors (Lipinski definition) is 5. The van der Waals surface area contributed by atoms with Crippen LogP contribution in [0.5, 0.6) is 0 Å². The first-order valence-electron chi connectivity index (χ1n) is 5.80. The Morgan fingerprint density at radius 2 is 2.24 bits per heavy atom. The summed E-state index contributed by atoms with van der Waals surface area (Å²) >= 11 is 0. The minimum atomic E-state index is -2.88. The maximum absolute atomic E-state index is 11.6. The Kier molecular flexibility index (Phi) is 3.70. The van der Waals surface area contributed by atoms with E-state index in [1.54, 1.807) is 4.90 Å². The van der Waals surface area contributed by atoms with Gasteiger partial charge in [-0.15, -0.1) is 0 Å². The molecule has 2 heterocycles. The van der Waals surface area contributed by atoms with Crippen molar-refractivity contribution in [1.29, 1.82) is 0 Å². The van der Waals surface area contributed by atoms with Crippen molar-refractivity contribution in [1.82, 2.24) is 4.90 Å². The first-order chi connectivity index (χ1) is 8.00. The summed E-state index contributed by atoms with van der Waals surface area (Å²) in [5, 5.41) is 0. The topological polar surface area (TPSA) is 89.7 Å². The Morgan fingerprint density at radius 1 is 1.47 bits per heavy atom. The highest BCUT2D eigenvalue weighted by molar-refractivity contribution is 7.91. The van der Waals surface area contributed by atoms with E-state index in [1.807, 2.05) is 0 Å². The van der Waals surface area contributed by atoms with Crippen LogP contribution in [-0.2, 0) is 19.4 Å². The fraction of sp³-hybridized carbons (Fsp3) is 0.900. The molecule has 2 unspecified atom stereocenters. The molecule has 0 aromatic heterocycles. The van der Waals surface area contributed by atoms with E-state index >= 15 is 0 Å². The van der Waals surface area contributed by atoms with Crippen molar-refractivity contribution in [3.63, 3.8) is 0 Å². The van der Waals surface area contributed by atoms with Gasteiger partial charge in [0.05, 0.1) is 17.6 Å². The smallest absolute Gasteiger partial charge is 0.248 e. The number of morpholine rings is 1. The zero-order valence-electron chi connectivity index (χ0n) is 9.67. The number of rotatable bonds is 3. The second kappa shape index (κ2) is 4.91. The van der Waals surface area contributed by atoms with Crippen LogP contribution in [0.4, 0.5) is 0 Å². The number of nitrogens with two attached hydrogens (primary N) is 1. The molecule has 98 valence electrons. The zero-order valence-corrected chi connectivity index (χ0v) is 10.5. The highest BCUT2D eigenvalue weighted by Crippen LogP contribution is 2.20. The van der Waals surface area contributed by atoms with Crippen LogP contribution in [0.25, 0.3) is 0 Å². The zero-order chi connectivity index (χ0) is 12.5. The van der Waals surface area contributed by atoms with Gasteiger partial charge < -0.3 is 15.4 Å². The van der Waals surface area contributed by atoms with Gasteiger partial charge in [0.25, 0.3) is 0 Å². The third-order valence-corrected chi connectivity index (χ3v) is 5.12. The van der Waals surface area contributed by atoms with Gasteiger partial charge in [-0.05, 0) is 12.3 Å². The van der Waals surface area contributed by atoms with Crippen LogP contribution in [0, 0.1) is 5.92 Å². The standard InChI is InChI=1S/C10H18N2O4S/c11-3-9-5-12(10(13)6-16-9)4-8-1-2-17(14,15)7-8/h8-9H,1-7,11H2. The number of carbonyl (C=O) groups is 1. The number of nitrogens with zero attached hydrogens (tertiary/aromatic N) is 1. The van der Waals surface area contributed by atoms with Crippen LogP contribution in [0.3, 0.4) is 0 Å². The van der Waals surface area contributed by atoms with Gasteiger partial charge in [-0.2, -0.15) is 0 Å². The van der Waals surface area contributed by atoms with Crippen LogP contribution >= 0.6 is 0 Å². The second-order valence-electron chi connectivity index (χ2n) is 4.74. The average molecular weight is 262 g/mol. The quantitative estimate of drug-likeness (QED) is 0.676. The van der Waals surface area contributed by atoms with E-state index in [1.165, 1.54) is 0 Å². The molecule has 2 aliphatic rings. The van der Waals surface area contributed by atoms with Gasteiger partial charge in [-0.3, -0.25) is 4.79 Å². The summed E-state index contributed by atoms with van der Waals surface area (Å²) in [4.78, 5) is 13.3. The SMILES string of the molecule is NCC1CN(CC2CCS(=O)(=O)C2)C(=O)CO1. The lowest BCUT2D eigenvalue weighted by molar-refractivity contribution is -0.148. The molecule has 2 fully saturated rings. The molecule has 2 saturated heterocycles. The van der Waals surface area contributed by atoms with Crippen molar-refractivity contribution in [3.8, 4) is 0 Å². The molecule has 0 radical (unpaired) electrons. The highest BCUT2D eigenvalue weighted by Gasteiger charge is 2.33. The fourth-order valence-electron chi connectivity index (χ4n) is 2.33. The van der Waals surface area contributed by atoms with Gasteiger partial charge in [-0.25, -0.2) is 8.42 Å². The summed E-state index contributed by atoms with van der Waals surface area (Å²) in [7, 11) is -2.88. The molecule has 6 nitrogen and oxygen atoms in total. The molecule has 2 atom stereocenters. The van der Waals surface area contributed by atoms with E-state index in [4.69, 9.17) is 10.5 Å². The predicted molar refractivity (Wildman–Crippen MR) is 62.1 cm³/mol. The third-order valence-electron chi connectivity index (χ3n) is 3.29. The van der Waals surface area contributed by atoms with Crippen molar-refractivity contribution in [3.05, 3.63) is 0 Å². The molecule has 0 bridgehead atoms. The maximum atomic E-state index is 11.6. The lowest BCUT2D eigenvalue weighted by Gasteiger charge is -2.33.